The van der Waals surface area contributed by atoms with Crippen LogP contribution in [0.3, 0.4) is 0 Å². The Hall–Kier alpha value is -2.00. The maximum absolute atomic E-state index is 11.7. The third kappa shape index (κ3) is 8.16. The molecule has 0 amide bonds. The van der Waals surface area contributed by atoms with Crippen LogP contribution < -0.4 is 4.87 Å². The second-order valence-corrected chi connectivity index (χ2v) is 9.13. The first kappa shape index (κ1) is 26.3. The first-order valence-electron chi connectivity index (χ1n) is 11.0. The number of carbonyl (C=O) groups is 1. The van der Waals surface area contributed by atoms with Crippen LogP contribution in [0.25, 0.3) is 0 Å². The zero-order valence-corrected chi connectivity index (χ0v) is 20.2. The Kier molecular flexibility index (Phi) is 10.6. The van der Waals surface area contributed by atoms with E-state index in [4.69, 9.17) is 19.3 Å². The van der Waals surface area contributed by atoms with Crippen LogP contribution in [0.1, 0.15) is 58.1 Å². The van der Waals surface area contributed by atoms with Crippen molar-refractivity contribution in [2.45, 2.75) is 70.4 Å². The molecular formula is C24H35NO6S. The minimum atomic E-state index is -0.988. The third-order valence-corrected chi connectivity index (χ3v) is 6.35. The van der Waals surface area contributed by atoms with Gasteiger partial charge >= 0.3 is 10.8 Å². The minimum Gasteiger partial charge on any atom is -0.478 e. The van der Waals surface area contributed by atoms with Gasteiger partial charge in [-0.25, -0.2) is 4.79 Å². The first-order valence-corrected chi connectivity index (χ1v) is 11.8. The predicted molar refractivity (Wildman–Crippen MR) is 126 cm³/mol. The summed E-state index contributed by atoms with van der Waals surface area (Å²) in [4.78, 5) is 25.0. The molecule has 0 aliphatic carbocycles. The van der Waals surface area contributed by atoms with Gasteiger partial charge in [0.2, 0.25) is 5.79 Å². The van der Waals surface area contributed by atoms with E-state index < -0.39 is 11.8 Å². The van der Waals surface area contributed by atoms with E-state index in [2.05, 4.69) is 18.0 Å². The molecule has 0 saturated carbocycles. The van der Waals surface area contributed by atoms with Crippen LogP contribution in [-0.4, -0.2) is 42.5 Å². The molecule has 8 heteroatoms. The van der Waals surface area contributed by atoms with Gasteiger partial charge in [0, 0.05) is 38.5 Å². The van der Waals surface area contributed by atoms with Crippen molar-refractivity contribution in [3.63, 3.8) is 0 Å². The number of rotatable bonds is 12. The van der Waals surface area contributed by atoms with Crippen LogP contribution in [0.15, 0.2) is 46.1 Å². The lowest BCUT2D eigenvalue weighted by Crippen LogP contribution is -2.46. The smallest absolute Gasteiger partial charge is 0.328 e. The SMILES string of the molecule is COC1C[C@@H](CCC(C)/C=C\C=C\CC/C(C)=C\C(=O)O)OC(OC)(c2csc(=O)[nH]2)C1. The van der Waals surface area contributed by atoms with E-state index in [0.717, 1.165) is 49.0 Å². The molecule has 1 aliphatic heterocycles. The van der Waals surface area contributed by atoms with Crippen molar-refractivity contribution < 1.29 is 24.1 Å². The van der Waals surface area contributed by atoms with Gasteiger partial charge < -0.3 is 24.3 Å². The van der Waals surface area contributed by atoms with E-state index in [1.54, 1.807) is 19.6 Å². The Labute approximate surface area is 193 Å². The van der Waals surface area contributed by atoms with Crippen molar-refractivity contribution in [3.05, 3.63) is 56.7 Å². The topological polar surface area (TPSA) is 97.8 Å². The lowest BCUT2D eigenvalue weighted by Gasteiger charge is -2.42. The Bertz CT molecular complexity index is 870. The molecule has 32 heavy (non-hydrogen) atoms. The van der Waals surface area contributed by atoms with Crippen LogP contribution in [0.4, 0.5) is 0 Å². The fourth-order valence-electron chi connectivity index (χ4n) is 3.85. The summed E-state index contributed by atoms with van der Waals surface area (Å²) in [5.74, 6) is -1.51. The molecule has 0 radical (unpaired) electrons. The zero-order chi connectivity index (χ0) is 23.6. The normalized spacial score (nSPS) is 25.6. The Morgan fingerprint density at radius 2 is 2.22 bits per heavy atom. The number of allylic oxidation sites excluding steroid dienone is 5. The number of hydrogen-bond acceptors (Lipinski definition) is 6. The van der Waals surface area contributed by atoms with Crippen LogP contribution in [0.2, 0.25) is 0 Å². The number of nitrogens with one attached hydrogen (secondary N) is 1. The fraction of sp³-hybridized carbons (Fsp3) is 0.583. The van der Waals surface area contributed by atoms with Crippen LogP contribution in [0, 0.1) is 5.92 Å². The predicted octanol–water partition coefficient (Wildman–Crippen LogP) is 4.77. The number of carboxylic acids is 1. The number of thiazole rings is 1. The number of H-pyrrole nitrogens is 1. The van der Waals surface area contributed by atoms with Crippen LogP contribution in [0.5, 0.6) is 0 Å². The van der Waals surface area contributed by atoms with Crippen molar-refractivity contribution in [1.82, 2.24) is 4.98 Å². The second kappa shape index (κ2) is 12.9. The largest absolute Gasteiger partial charge is 0.478 e. The fourth-order valence-corrected chi connectivity index (χ4v) is 4.48. The van der Waals surface area contributed by atoms with E-state index in [1.165, 1.54) is 6.08 Å². The van der Waals surface area contributed by atoms with Gasteiger partial charge in [-0.15, -0.1) is 0 Å². The van der Waals surface area contributed by atoms with Crippen molar-refractivity contribution in [3.8, 4) is 0 Å². The molecule has 1 fully saturated rings. The van der Waals surface area contributed by atoms with Crippen LogP contribution >= 0.6 is 11.3 Å². The van der Waals surface area contributed by atoms with Gasteiger partial charge in [-0.3, -0.25) is 4.79 Å². The molecule has 0 spiro atoms. The highest BCUT2D eigenvalue weighted by atomic mass is 32.1. The molecule has 1 aromatic rings. The molecular weight excluding hydrogens is 430 g/mol. The van der Waals surface area contributed by atoms with Crippen molar-refractivity contribution in [1.29, 1.82) is 0 Å². The van der Waals surface area contributed by atoms with Crippen molar-refractivity contribution >= 4 is 17.3 Å². The maximum Gasteiger partial charge on any atom is 0.328 e. The Balaban J connectivity index is 1.86. The molecule has 0 bridgehead atoms. The molecule has 7 nitrogen and oxygen atoms in total. The average Bonchev–Trinajstić information content (AvgIpc) is 3.20. The summed E-state index contributed by atoms with van der Waals surface area (Å²) in [6.45, 7) is 4.00. The molecule has 4 atom stereocenters. The van der Waals surface area contributed by atoms with E-state index in [0.29, 0.717) is 18.0 Å². The average molecular weight is 466 g/mol. The van der Waals surface area contributed by atoms with E-state index in [-0.39, 0.29) is 17.1 Å². The summed E-state index contributed by atoms with van der Waals surface area (Å²) in [5, 5.41) is 10.5. The molecule has 2 N–H and O–H groups in total. The monoisotopic (exact) mass is 465 g/mol. The molecule has 1 aromatic heterocycles. The van der Waals surface area contributed by atoms with E-state index in [9.17, 15) is 9.59 Å². The molecule has 1 saturated heterocycles. The van der Waals surface area contributed by atoms with Crippen LogP contribution in [-0.2, 0) is 24.8 Å². The number of aliphatic carboxylic acids is 1. The van der Waals surface area contributed by atoms with Gasteiger partial charge in [0.15, 0.2) is 0 Å². The summed E-state index contributed by atoms with van der Waals surface area (Å²) in [6.07, 6.45) is 14.1. The minimum absolute atomic E-state index is 0.00971. The first-order chi connectivity index (χ1) is 15.3. The Morgan fingerprint density at radius 3 is 2.84 bits per heavy atom. The van der Waals surface area contributed by atoms with Crippen molar-refractivity contribution in [2.75, 3.05) is 14.2 Å². The van der Waals surface area contributed by atoms with Crippen molar-refractivity contribution in [2.24, 2.45) is 5.92 Å². The molecule has 3 unspecified atom stereocenters. The molecule has 2 rings (SSSR count). The summed E-state index contributed by atoms with van der Waals surface area (Å²) in [5.41, 5.74) is 1.51. The molecule has 178 valence electrons. The molecule has 0 aromatic carbocycles. The summed E-state index contributed by atoms with van der Waals surface area (Å²) >= 11 is 1.10. The van der Waals surface area contributed by atoms with Gasteiger partial charge in [-0.1, -0.05) is 48.1 Å². The quantitative estimate of drug-likeness (QED) is 0.341. The van der Waals surface area contributed by atoms with Gasteiger partial charge in [-0.05, 0) is 38.5 Å². The summed E-state index contributed by atoms with van der Waals surface area (Å²) < 4.78 is 17.8. The highest BCUT2D eigenvalue weighted by molar-refractivity contribution is 7.07. The number of aromatic nitrogens is 1. The number of hydrogen-bond donors (Lipinski definition) is 2. The van der Waals surface area contributed by atoms with Gasteiger partial charge in [0.1, 0.15) is 0 Å². The lowest BCUT2D eigenvalue weighted by molar-refractivity contribution is -0.299. The lowest BCUT2D eigenvalue weighted by atomic mass is 9.92. The standard InChI is InChI=1S/C24H35NO6S/c1-17(9-7-5-6-8-10-18(2)13-22(26)27)11-12-19-14-20(29-3)15-24(30-4,31-19)21-16-32-23(28)25-21/h5-7,9,13,16-17,19-20H,8,10-12,14-15H2,1-4H3,(H,25,28)(H,26,27)/b6-5+,9-7-,18-13-/t17?,19-,20?,24?/m1/s1. The number of ether oxygens (including phenoxy) is 3. The number of methoxy groups -OCH3 is 2. The Morgan fingerprint density at radius 1 is 1.44 bits per heavy atom. The number of carboxylic acid groups (broad SMARTS) is 1. The summed E-state index contributed by atoms with van der Waals surface area (Å²) in [7, 11) is 3.29. The number of aromatic amines is 1. The van der Waals surface area contributed by atoms with Gasteiger partial charge in [0.25, 0.3) is 0 Å². The highest BCUT2D eigenvalue weighted by Crippen LogP contribution is 2.40. The van der Waals surface area contributed by atoms with E-state index in [1.807, 2.05) is 25.2 Å². The second-order valence-electron chi connectivity index (χ2n) is 8.29. The highest BCUT2D eigenvalue weighted by Gasteiger charge is 2.44. The molecule has 2 heterocycles. The summed E-state index contributed by atoms with van der Waals surface area (Å²) in [6, 6.07) is 0. The molecule has 1 aliphatic rings. The van der Waals surface area contributed by atoms with Gasteiger partial charge in [0.05, 0.1) is 17.9 Å². The zero-order valence-electron chi connectivity index (χ0n) is 19.3. The maximum atomic E-state index is 11.7. The third-order valence-electron chi connectivity index (χ3n) is 5.68. The van der Waals surface area contributed by atoms with E-state index >= 15 is 0 Å². The van der Waals surface area contributed by atoms with Gasteiger partial charge in [-0.2, -0.15) is 0 Å².